The van der Waals surface area contributed by atoms with E-state index in [1.807, 2.05) is 6.92 Å². The third-order valence-corrected chi connectivity index (χ3v) is 8.31. The van der Waals surface area contributed by atoms with Crippen molar-refractivity contribution in [1.29, 1.82) is 0 Å². The third kappa shape index (κ3) is 5.09. The van der Waals surface area contributed by atoms with E-state index in [0.29, 0.717) is 37.9 Å². The monoisotopic (exact) mass is 473 g/mol. The number of piperidine rings is 1. The van der Waals surface area contributed by atoms with Gasteiger partial charge in [-0.1, -0.05) is 23.8 Å². The second kappa shape index (κ2) is 9.61. The van der Waals surface area contributed by atoms with Crippen LogP contribution in [0.3, 0.4) is 0 Å². The van der Waals surface area contributed by atoms with E-state index in [4.69, 9.17) is 0 Å². The van der Waals surface area contributed by atoms with Crippen LogP contribution in [0.1, 0.15) is 31.2 Å². The molecule has 2 aliphatic rings. The maximum Gasteiger partial charge on any atom is 0.247 e. The molecule has 0 unspecified atom stereocenters. The summed E-state index contributed by atoms with van der Waals surface area (Å²) in [6.45, 7) is 2.92. The molecule has 2 heterocycles. The van der Waals surface area contributed by atoms with E-state index in [2.05, 4.69) is 5.32 Å². The van der Waals surface area contributed by atoms with Crippen LogP contribution in [0, 0.1) is 18.7 Å². The summed E-state index contributed by atoms with van der Waals surface area (Å²) in [5, 5.41) is 2.70. The van der Waals surface area contributed by atoms with Crippen molar-refractivity contribution in [2.75, 3.05) is 25.0 Å². The average Bonchev–Trinajstić information content (AvgIpc) is 3.29. The van der Waals surface area contributed by atoms with Gasteiger partial charge in [-0.25, -0.2) is 12.8 Å². The lowest BCUT2D eigenvalue weighted by Gasteiger charge is -2.34. The molecule has 0 radical (unpaired) electrons. The molecule has 0 spiro atoms. The van der Waals surface area contributed by atoms with Gasteiger partial charge in [0.2, 0.25) is 21.8 Å². The highest BCUT2D eigenvalue weighted by atomic mass is 32.2. The zero-order valence-electron chi connectivity index (χ0n) is 18.5. The standard InChI is InChI=1S/C24H28FN3O4S/c1-17-7-9-21(10-8-17)33(31,32)27-14-11-18(12-15-27)24(30)28-13-3-6-22(28)23(29)26-20-5-2-4-19(25)16-20/h2,4-5,7-10,16,18,22H,3,6,11-15H2,1H3,(H,26,29)/t22-/m1/s1. The molecule has 1 atom stereocenters. The molecule has 33 heavy (non-hydrogen) atoms. The van der Waals surface area contributed by atoms with E-state index < -0.39 is 21.9 Å². The van der Waals surface area contributed by atoms with Gasteiger partial charge in [-0.3, -0.25) is 9.59 Å². The van der Waals surface area contributed by atoms with Gasteiger partial charge in [0.05, 0.1) is 4.90 Å². The number of halogens is 1. The molecule has 2 aromatic rings. The summed E-state index contributed by atoms with van der Waals surface area (Å²) in [4.78, 5) is 27.8. The number of amides is 2. The number of likely N-dealkylation sites (tertiary alicyclic amines) is 1. The van der Waals surface area contributed by atoms with Crippen LogP contribution in [-0.2, 0) is 19.6 Å². The van der Waals surface area contributed by atoms with Crippen LogP contribution in [0.15, 0.2) is 53.4 Å². The van der Waals surface area contributed by atoms with Gasteiger partial charge in [-0.2, -0.15) is 4.31 Å². The highest BCUT2D eigenvalue weighted by molar-refractivity contribution is 7.89. The molecule has 0 aliphatic carbocycles. The topological polar surface area (TPSA) is 86.8 Å². The summed E-state index contributed by atoms with van der Waals surface area (Å²) >= 11 is 0. The van der Waals surface area contributed by atoms with Gasteiger partial charge in [-0.05, 0) is 62.9 Å². The second-order valence-electron chi connectivity index (χ2n) is 8.68. The maximum absolute atomic E-state index is 13.4. The number of hydrogen-bond acceptors (Lipinski definition) is 4. The number of carbonyl (C=O) groups excluding carboxylic acids is 2. The van der Waals surface area contributed by atoms with Crippen LogP contribution in [0.2, 0.25) is 0 Å². The number of anilines is 1. The van der Waals surface area contributed by atoms with Gasteiger partial charge in [0.15, 0.2) is 0 Å². The first kappa shape index (κ1) is 23.4. The number of hydrogen-bond donors (Lipinski definition) is 1. The van der Waals surface area contributed by atoms with Crippen LogP contribution < -0.4 is 5.32 Å². The number of rotatable bonds is 5. The first-order valence-electron chi connectivity index (χ1n) is 11.2. The predicted molar refractivity (Wildman–Crippen MR) is 122 cm³/mol. The molecule has 0 saturated carbocycles. The largest absolute Gasteiger partial charge is 0.330 e. The Hall–Kier alpha value is -2.78. The van der Waals surface area contributed by atoms with E-state index in [9.17, 15) is 22.4 Å². The Morgan fingerprint density at radius 3 is 2.36 bits per heavy atom. The van der Waals surface area contributed by atoms with Crippen molar-refractivity contribution in [3.63, 3.8) is 0 Å². The highest BCUT2D eigenvalue weighted by Gasteiger charge is 2.39. The molecule has 0 bridgehead atoms. The van der Waals surface area contributed by atoms with Crippen LogP contribution in [0.5, 0.6) is 0 Å². The third-order valence-electron chi connectivity index (χ3n) is 6.39. The Labute approximate surface area is 193 Å². The fraction of sp³-hybridized carbons (Fsp3) is 0.417. The summed E-state index contributed by atoms with van der Waals surface area (Å²) in [6, 6.07) is 11.8. The Morgan fingerprint density at radius 2 is 1.70 bits per heavy atom. The molecule has 1 N–H and O–H groups in total. The zero-order valence-corrected chi connectivity index (χ0v) is 19.4. The normalized spacial score (nSPS) is 20.1. The van der Waals surface area contributed by atoms with Gasteiger partial charge in [-0.15, -0.1) is 0 Å². The van der Waals surface area contributed by atoms with Gasteiger partial charge in [0.25, 0.3) is 0 Å². The van der Waals surface area contributed by atoms with Crippen molar-refractivity contribution < 1.29 is 22.4 Å². The lowest BCUT2D eigenvalue weighted by atomic mass is 9.96. The Bertz CT molecular complexity index is 1130. The summed E-state index contributed by atoms with van der Waals surface area (Å²) in [6.07, 6.45) is 2.10. The zero-order chi connectivity index (χ0) is 23.6. The van der Waals surface area contributed by atoms with Crippen molar-refractivity contribution in [2.24, 2.45) is 5.92 Å². The molecular formula is C24H28FN3O4S. The van der Waals surface area contributed by atoms with Crippen LogP contribution in [0.25, 0.3) is 0 Å². The lowest BCUT2D eigenvalue weighted by molar-refractivity contribution is -0.141. The van der Waals surface area contributed by atoms with Crippen LogP contribution in [-0.4, -0.2) is 55.1 Å². The van der Waals surface area contributed by atoms with E-state index in [1.165, 1.54) is 22.5 Å². The first-order valence-corrected chi connectivity index (χ1v) is 12.6. The summed E-state index contributed by atoms with van der Waals surface area (Å²) in [5.74, 6) is -1.21. The number of benzene rings is 2. The van der Waals surface area contributed by atoms with Crippen LogP contribution in [0.4, 0.5) is 10.1 Å². The van der Waals surface area contributed by atoms with Crippen molar-refractivity contribution >= 4 is 27.5 Å². The van der Waals surface area contributed by atoms with Crippen LogP contribution >= 0.6 is 0 Å². The van der Waals surface area contributed by atoms with Gasteiger partial charge < -0.3 is 10.2 Å². The quantitative estimate of drug-likeness (QED) is 0.723. The fourth-order valence-electron chi connectivity index (χ4n) is 4.53. The van der Waals surface area contributed by atoms with Crippen molar-refractivity contribution in [3.05, 3.63) is 59.9 Å². The van der Waals surface area contributed by atoms with E-state index in [1.54, 1.807) is 35.2 Å². The van der Waals surface area contributed by atoms with Gasteiger partial charge in [0, 0.05) is 31.2 Å². The molecule has 7 nitrogen and oxygen atoms in total. The molecule has 2 aromatic carbocycles. The molecule has 0 aromatic heterocycles. The van der Waals surface area contributed by atoms with E-state index >= 15 is 0 Å². The fourth-order valence-corrected chi connectivity index (χ4v) is 6.00. The number of nitrogens with one attached hydrogen (secondary N) is 1. The second-order valence-corrected chi connectivity index (χ2v) is 10.6. The molecule has 9 heteroatoms. The molecule has 4 rings (SSSR count). The number of sulfonamides is 1. The SMILES string of the molecule is Cc1ccc(S(=O)(=O)N2CCC(C(=O)N3CCC[C@@H]3C(=O)Nc3cccc(F)c3)CC2)cc1. The molecule has 2 aliphatic heterocycles. The minimum atomic E-state index is -3.60. The molecule has 2 fully saturated rings. The van der Waals surface area contributed by atoms with Gasteiger partial charge in [0.1, 0.15) is 11.9 Å². The minimum Gasteiger partial charge on any atom is -0.330 e. The summed E-state index contributed by atoms with van der Waals surface area (Å²) in [5.41, 5.74) is 1.34. The smallest absolute Gasteiger partial charge is 0.247 e. The Balaban J connectivity index is 1.37. The molecular weight excluding hydrogens is 445 g/mol. The van der Waals surface area contributed by atoms with Crippen molar-refractivity contribution in [3.8, 4) is 0 Å². The summed E-state index contributed by atoms with van der Waals surface area (Å²) < 4.78 is 40.7. The maximum atomic E-state index is 13.4. The number of aryl methyl sites for hydroxylation is 1. The molecule has 176 valence electrons. The summed E-state index contributed by atoms with van der Waals surface area (Å²) in [7, 11) is -3.60. The van der Waals surface area contributed by atoms with E-state index in [-0.39, 0.29) is 35.7 Å². The molecule has 2 saturated heterocycles. The van der Waals surface area contributed by atoms with E-state index in [0.717, 1.165) is 5.56 Å². The highest BCUT2D eigenvalue weighted by Crippen LogP contribution is 2.28. The Morgan fingerprint density at radius 1 is 1.00 bits per heavy atom. The minimum absolute atomic E-state index is 0.112. The van der Waals surface area contributed by atoms with Crippen molar-refractivity contribution in [2.45, 2.75) is 43.5 Å². The number of nitrogens with zero attached hydrogens (tertiary/aromatic N) is 2. The van der Waals surface area contributed by atoms with Gasteiger partial charge >= 0.3 is 0 Å². The van der Waals surface area contributed by atoms with Crippen molar-refractivity contribution in [1.82, 2.24) is 9.21 Å². The first-order chi connectivity index (χ1) is 15.8. The predicted octanol–water partition coefficient (Wildman–Crippen LogP) is 3.16. The Kier molecular flexibility index (Phi) is 6.81. The molecule has 2 amide bonds. The average molecular weight is 474 g/mol. The number of carbonyl (C=O) groups is 2. The lowest BCUT2D eigenvalue weighted by Crippen LogP contribution is -2.48.